The van der Waals surface area contributed by atoms with E-state index in [1.807, 2.05) is 6.08 Å². The first-order valence-corrected chi connectivity index (χ1v) is 33.6. The molecular formula is C67H129NO8. The van der Waals surface area contributed by atoms with Gasteiger partial charge in [-0.25, -0.2) is 0 Å². The lowest BCUT2D eigenvalue weighted by atomic mass is 9.99. The summed E-state index contributed by atoms with van der Waals surface area (Å²) in [6.07, 6.45) is 67.0. The molecule has 0 spiro atoms. The van der Waals surface area contributed by atoms with Crippen LogP contribution in [0, 0.1) is 0 Å². The second kappa shape index (κ2) is 56.9. The van der Waals surface area contributed by atoms with Gasteiger partial charge in [-0.1, -0.05) is 314 Å². The molecule has 9 heteroatoms. The Labute approximate surface area is 470 Å². The number of hydrogen-bond donors (Lipinski definition) is 6. The van der Waals surface area contributed by atoms with Crippen LogP contribution in [0.1, 0.15) is 341 Å². The van der Waals surface area contributed by atoms with Crippen LogP contribution in [0.2, 0.25) is 0 Å². The highest BCUT2D eigenvalue weighted by atomic mass is 16.7. The molecule has 1 heterocycles. The lowest BCUT2D eigenvalue weighted by molar-refractivity contribution is -0.302. The van der Waals surface area contributed by atoms with Crippen molar-refractivity contribution in [2.75, 3.05) is 13.2 Å². The van der Waals surface area contributed by atoms with Crippen LogP contribution in [-0.2, 0) is 14.3 Å². The highest BCUT2D eigenvalue weighted by molar-refractivity contribution is 5.76. The van der Waals surface area contributed by atoms with Gasteiger partial charge in [-0.05, 0) is 44.9 Å². The predicted octanol–water partition coefficient (Wildman–Crippen LogP) is 17.7. The van der Waals surface area contributed by atoms with E-state index in [1.54, 1.807) is 6.08 Å². The molecule has 0 aromatic heterocycles. The van der Waals surface area contributed by atoms with Gasteiger partial charge in [0.1, 0.15) is 24.4 Å². The molecule has 1 aliphatic rings. The Morgan fingerprint density at radius 2 is 0.737 bits per heavy atom. The molecule has 1 amide bonds. The number of allylic oxidation sites excluding steroid dienone is 3. The third kappa shape index (κ3) is 45.4. The highest BCUT2D eigenvalue weighted by Crippen LogP contribution is 2.23. The number of ether oxygens (including phenoxy) is 2. The summed E-state index contributed by atoms with van der Waals surface area (Å²) < 4.78 is 11.3. The molecule has 7 atom stereocenters. The monoisotopic (exact) mass is 1080 g/mol. The number of amides is 1. The second-order valence-electron chi connectivity index (χ2n) is 23.6. The van der Waals surface area contributed by atoms with E-state index in [4.69, 9.17) is 9.47 Å². The number of hydrogen-bond acceptors (Lipinski definition) is 8. The molecule has 0 bridgehead atoms. The molecule has 1 rings (SSSR count). The van der Waals surface area contributed by atoms with E-state index in [-0.39, 0.29) is 12.5 Å². The highest BCUT2D eigenvalue weighted by Gasteiger charge is 2.44. The summed E-state index contributed by atoms with van der Waals surface area (Å²) in [4.78, 5) is 13.1. The zero-order chi connectivity index (χ0) is 55.0. The van der Waals surface area contributed by atoms with E-state index in [0.29, 0.717) is 6.42 Å². The van der Waals surface area contributed by atoms with Crippen molar-refractivity contribution in [2.45, 2.75) is 384 Å². The Kier molecular flexibility index (Phi) is 54.4. The van der Waals surface area contributed by atoms with Gasteiger partial charge in [-0.3, -0.25) is 4.79 Å². The first-order chi connectivity index (χ1) is 37.3. The zero-order valence-corrected chi connectivity index (χ0v) is 50.3. The molecule has 1 saturated heterocycles. The van der Waals surface area contributed by atoms with Crippen LogP contribution in [-0.4, -0.2) is 87.5 Å². The van der Waals surface area contributed by atoms with Crippen molar-refractivity contribution in [2.24, 2.45) is 0 Å². The van der Waals surface area contributed by atoms with Gasteiger partial charge >= 0.3 is 0 Å². The van der Waals surface area contributed by atoms with Crippen molar-refractivity contribution in [3.05, 3.63) is 24.3 Å². The molecule has 7 unspecified atom stereocenters. The fraction of sp³-hybridized carbons (Fsp3) is 0.925. The Balaban J connectivity index is 2.14. The normalized spacial score (nSPS) is 18.9. The molecule has 1 aliphatic heterocycles. The van der Waals surface area contributed by atoms with Gasteiger partial charge in [0.15, 0.2) is 6.29 Å². The van der Waals surface area contributed by atoms with Gasteiger partial charge in [0.25, 0.3) is 0 Å². The largest absolute Gasteiger partial charge is 0.394 e. The first kappa shape index (κ1) is 72.7. The number of carbonyl (C=O) groups excluding carboxylic acids is 1. The number of carbonyl (C=O) groups is 1. The number of unbranched alkanes of at least 4 members (excludes halogenated alkanes) is 47. The molecule has 0 saturated carbocycles. The first-order valence-electron chi connectivity index (χ1n) is 33.6. The lowest BCUT2D eigenvalue weighted by Crippen LogP contribution is -2.60. The fourth-order valence-electron chi connectivity index (χ4n) is 11.0. The van der Waals surface area contributed by atoms with Crippen LogP contribution in [0.5, 0.6) is 0 Å². The molecule has 9 nitrogen and oxygen atoms in total. The Hall–Kier alpha value is -1.33. The van der Waals surface area contributed by atoms with Crippen molar-refractivity contribution in [1.29, 1.82) is 0 Å². The Morgan fingerprint density at radius 3 is 1.07 bits per heavy atom. The smallest absolute Gasteiger partial charge is 0.220 e. The molecule has 450 valence electrons. The van der Waals surface area contributed by atoms with E-state index in [2.05, 4.69) is 31.3 Å². The van der Waals surface area contributed by atoms with Crippen molar-refractivity contribution >= 4 is 5.91 Å². The number of aliphatic hydroxyl groups is 5. The molecule has 0 radical (unpaired) electrons. The maximum atomic E-state index is 13.1. The maximum absolute atomic E-state index is 13.1. The molecule has 0 aliphatic carbocycles. The van der Waals surface area contributed by atoms with Crippen LogP contribution in [0.25, 0.3) is 0 Å². The topological polar surface area (TPSA) is 149 Å². The minimum atomic E-state index is -1.57. The second-order valence-corrected chi connectivity index (χ2v) is 23.6. The van der Waals surface area contributed by atoms with E-state index < -0.39 is 49.5 Å². The van der Waals surface area contributed by atoms with Gasteiger partial charge in [-0.2, -0.15) is 0 Å². The van der Waals surface area contributed by atoms with E-state index in [9.17, 15) is 30.3 Å². The standard InChI is InChI=1S/C67H129NO8/c1-3-5-7-9-11-13-15-17-19-21-23-25-27-28-29-30-31-32-33-35-36-38-40-42-44-46-48-50-52-54-56-61(70)60(59-75-67-66(74)65(73)64(72)62(58-69)76-67)68-63(71)57-55-53-51-49-47-45-43-41-39-37-34-26-24-22-20-18-16-14-12-10-8-6-4-2/h22,24,54,56,60-62,64-67,69-70,72-74H,3-21,23,25-53,55,57-59H2,1-2H3,(H,68,71)/b24-22-,56-54+. The van der Waals surface area contributed by atoms with Gasteiger partial charge < -0.3 is 40.3 Å². The van der Waals surface area contributed by atoms with Crippen LogP contribution in [0.4, 0.5) is 0 Å². The number of nitrogens with one attached hydrogen (secondary N) is 1. The number of rotatable bonds is 59. The van der Waals surface area contributed by atoms with Gasteiger partial charge in [0.05, 0.1) is 25.4 Å². The molecular weight excluding hydrogens is 947 g/mol. The quantitative estimate of drug-likeness (QED) is 0.0261. The molecule has 0 aromatic rings. The van der Waals surface area contributed by atoms with Gasteiger partial charge in [0.2, 0.25) is 5.91 Å². The minimum Gasteiger partial charge on any atom is -0.394 e. The average Bonchev–Trinajstić information content (AvgIpc) is 3.42. The maximum Gasteiger partial charge on any atom is 0.220 e. The third-order valence-electron chi connectivity index (χ3n) is 16.3. The van der Waals surface area contributed by atoms with Gasteiger partial charge in [-0.15, -0.1) is 0 Å². The fourth-order valence-corrected chi connectivity index (χ4v) is 11.0. The summed E-state index contributed by atoms with van der Waals surface area (Å²) in [7, 11) is 0. The van der Waals surface area contributed by atoms with Crippen LogP contribution < -0.4 is 5.32 Å². The van der Waals surface area contributed by atoms with Crippen LogP contribution in [0.15, 0.2) is 24.3 Å². The summed E-state index contributed by atoms with van der Waals surface area (Å²) >= 11 is 0. The lowest BCUT2D eigenvalue weighted by Gasteiger charge is -2.40. The van der Waals surface area contributed by atoms with Crippen molar-refractivity contribution in [3.8, 4) is 0 Å². The Bertz CT molecular complexity index is 1250. The average molecular weight is 1080 g/mol. The summed E-state index contributed by atoms with van der Waals surface area (Å²) in [5.41, 5.74) is 0. The van der Waals surface area contributed by atoms with Crippen molar-refractivity contribution in [1.82, 2.24) is 5.32 Å². The third-order valence-corrected chi connectivity index (χ3v) is 16.3. The molecule has 76 heavy (non-hydrogen) atoms. The summed E-state index contributed by atoms with van der Waals surface area (Å²) in [5, 5.41) is 54.7. The number of aliphatic hydroxyl groups excluding tert-OH is 5. The van der Waals surface area contributed by atoms with E-state index >= 15 is 0 Å². The van der Waals surface area contributed by atoms with E-state index in [1.165, 1.54) is 283 Å². The van der Waals surface area contributed by atoms with Crippen LogP contribution in [0.3, 0.4) is 0 Å². The Morgan fingerprint density at radius 1 is 0.434 bits per heavy atom. The van der Waals surface area contributed by atoms with Crippen molar-refractivity contribution < 1.29 is 39.8 Å². The summed E-state index contributed by atoms with van der Waals surface area (Å²) in [5.74, 6) is -0.172. The minimum absolute atomic E-state index is 0.172. The molecule has 0 aromatic carbocycles. The summed E-state index contributed by atoms with van der Waals surface area (Å²) in [6, 6.07) is -0.805. The summed E-state index contributed by atoms with van der Waals surface area (Å²) in [6.45, 7) is 3.83. The zero-order valence-electron chi connectivity index (χ0n) is 50.3. The van der Waals surface area contributed by atoms with Crippen LogP contribution >= 0.6 is 0 Å². The van der Waals surface area contributed by atoms with Gasteiger partial charge in [0, 0.05) is 6.42 Å². The molecule has 6 N–H and O–H groups in total. The SMILES string of the molecule is CCCCCCCCCC/C=C\CCCCCCCCCCCCCC(=O)NC(COC1OC(CO)C(O)C(O)C1O)C(O)/C=C/CCCCCCCCCCCCCCCCCCCCCCCCCCCCCC. The van der Waals surface area contributed by atoms with E-state index in [0.717, 1.165) is 38.5 Å². The molecule has 1 fully saturated rings. The van der Waals surface area contributed by atoms with Crippen molar-refractivity contribution in [3.63, 3.8) is 0 Å². The predicted molar refractivity (Wildman–Crippen MR) is 323 cm³/mol.